The van der Waals surface area contributed by atoms with Gasteiger partial charge in [0, 0.05) is 37.3 Å². The lowest BCUT2D eigenvalue weighted by molar-refractivity contribution is -0.128. The summed E-state index contributed by atoms with van der Waals surface area (Å²) in [4.78, 5) is 50.2. The molecule has 0 aromatic heterocycles. The van der Waals surface area contributed by atoms with Crippen molar-refractivity contribution in [2.75, 3.05) is 13.1 Å². The Labute approximate surface area is 242 Å². The number of nitrogens with one attached hydrogen (secondary N) is 3. The fraction of sp³-hybridized carbons (Fsp3) is 0.879. The lowest BCUT2D eigenvalue weighted by Gasteiger charge is -2.20. The molecule has 0 spiro atoms. The second-order valence-electron chi connectivity index (χ2n) is 13.3. The maximum absolute atomic E-state index is 13.2. The molecule has 40 heavy (non-hydrogen) atoms. The Bertz CT molecular complexity index is 836. The van der Waals surface area contributed by atoms with Crippen LogP contribution in [0.1, 0.15) is 135 Å². The third-order valence-corrected chi connectivity index (χ3v) is 10.3. The van der Waals surface area contributed by atoms with Crippen LogP contribution < -0.4 is 16.0 Å². The maximum atomic E-state index is 13.2. The highest BCUT2D eigenvalue weighted by molar-refractivity contribution is 5.90. The summed E-state index contributed by atoms with van der Waals surface area (Å²) < 4.78 is 0. The Balaban J connectivity index is 1.03. The van der Waals surface area contributed by atoms with Gasteiger partial charge in [-0.05, 0) is 56.8 Å². The van der Waals surface area contributed by atoms with Crippen molar-refractivity contribution in [3.63, 3.8) is 0 Å². The quantitative estimate of drug-likeness (QED) is 0.279. The van der Waals surface area contributed by atoms with Crippen molar-refractivity contribution in [3.05, 3.63) is 0 Å². The molecular weight excluding hydrogens is 502 g/mol. The Morgan fingerprint density at radius 1 is 0.700 bits per heavy atom. The van der Waals surface area contributed by atoms with Gasteiger partial charge in [-0.25, -0.2) is 0 Å². The summed E-state index contributed by atoms with van der Waals surface area (Å²) in [5.74, 6) is 1.93. The minimum atomic E-state index is -0.226. The fourth-order valence-corrected chi connectivity index (χ4v) is 8.05. The van der Waals surface area contributed by atoms with Gasteiger partial charge in [-0.15, -0.1) is 0 Å². The third kappa shape index (κ3) is 9.39. The predicted octanol–water partition coefficient (Wildman–Crippen LogP) is 5.40. The van der Waals surface area contributed by atoms with Crippen LogP contribution in [0.15, 0.2) is 0 Å². The average molecular weight is 558 g/mol. The molecule has 4 fully saturated rings. The zero-order chi connectivity index (χ0) is 28.2. The van der Waals surface area contributed by atoms with Gasteiger partial charge in [-0.2, -0.15) is 0 Å². The first-order valence-corrected chi connectivity index (χ1v) is 16.9. The maximum Gasteiger partial charge on any atom is 0.239 e. The molecule has 5 unspecified atom stereocenters. The van der Waals surface area contributed by atoms with Gasteiger partial charge < -0.3 is 16.0 Å². The largest absolute Gasteiger partial charge is 0.355 e. The molecule has 0 aromatic carbocycles. The SMILES string of the molecule is O=C(CCC(=O)C1CCCCCCCC1)NCC(=O)NCCCCCC1NC2C3CCCCCCC(C3)C2C1=O. The molecule has 3 N–H and O–H groups in total. The van der Waals surface area contributed by atoms with Gasteiger partial charge in [0.25, 0.3) is 0 Å². The standard InChI is InChI=1S/C33H55N3O4/c37-28(24-14-8-3-1-2-4-9-15-24)19-20-29(38)35-23-30(39)34-21-13-7-12-18-27-33(40)31-25-16-10-5-6-11-17-26(22-25)32(31)36-27/h24-27,31-32,36H,1-23H2,(H,34,39)(H,35,38). The summed E-state index contributed by atoms with van der Waals surface area (Å²) in [6.45, 7) is 0.540. The molecule has 3 saturated carbocycles. The number of hydrogen-bond donors (Lipinski definition) is 3. The van der Waals surface area contributed by atoms with Crippen molar-refractivity contribution in [1.82, 2.24) is 16.0 Å². The number of carbonyl (C=O) groups excluding carboxylic acids is 4. The Morgan fingerprint density at radius 3 is 2.08 bits per heavy atom. The van der Waals surface area contributed by atoms with E-state index >= 15 is 0 Å². The van der Waals surface area contributed by atoms with Crippen molar-refractivity contribution >= 4 is 23.4 Å². The second kappa shape index (κ2) is 16.6. The van der Waals surface area contributed by atoms with Crippen LogP contribution in [0.5, 0.6) is 0 Å². The Hall–Kier alpha value is -1.76. The number of unbranched alkanes of at least 4 members (excludes halogenated alkanes) is 2. The monoisotopic (exact) mass is 557 g/mol. The molecule has 7 nitrogen and oxygen atoms in total. The Morgan fingerprint density at radius 2 is 1.35 bits per heavy atom. The first-order valence-electron chi connectivity index (χ1n) is 16.9. The molecule has 4 aliphatic rings. The number of amides is 2. The number of ketones is 2. The summed E-state index contributed by atoms with van der Waals surface area (Å²) in [5, 5.41) is 9.30. The molecule has 4 rings (SSSR count). The second-order valence-corrected chi connectivity index (χ2v) is 13.3. The molecule has 2 bridgehead atoms. The number of Topliss-reactive ketones (excluding diaryl/α,β-unsaturated/α-hetero) is 2. The smallest absolute Gasteiger partial charge is 0.239 e. The van der Waals surface area contributed by atoms with E-state index in [0.717, 1.165) is 51.4 Å². The average Bonchev–Trinajstić information content (AvgIpc) is 3.53. The molecular formula is C33H55N3O4. The van der Waals surface area contributed by atoms with Gasteiger partial charge in [0.2, 0.25) is 11.8 Å². The van der Waals surface area contributed by atoms with Gasteiger partial charge in [0.15, 0.2) is 5.78 Å². The Kier molecular flexibility index (Phi) is 13.0. The summed E-state index contributed by atoms with van der Waals surface area (Å²) in [5.41, 5.74) is 0. The third-order valence-electron chi connectivity index (χ3n) is 10.3. The zero-order valence-electron chi connectivity index (χ0n) is 24.9. The molecule has 1 saturated heterocycles. The van der Waals surface area contributed by atoms with Crippen LogP contribution in [0.2, 0.25) is 0 Å². The summed E-state index contributed by atoms with van der Waals surface area (Å²) in [7, 11) is 0. The van der Waals surface area contributed by atoms with E-state index < -0.39 is 0 Å². The molecule has 3 aliphatic carbocycles. The van der Waals surface area contributed by atoms with E-state index in [9.17, 15) is 19.2 Å². The van der Waals surface area contributed by atoms with E-state index in [0.29, 0.717) is 30.2 Å². The van der Waals surface area contributed by atoms with Gasteiger partial charge in [0.1, 0.15) is 5.78 Å². The van der Waals surface area contributed by atoms with Gasteiger partial charge in [-0.1, -0.05) is 77.0 Å². The minimum Gasteiger partial charge on any atom is -0.355 e. The molecule has 1 aliphatic heterocycles. The van der Waals surface area contributed by atoms with Gasteiger partial charge in [-0.3, -0.25) is 19.2 Å². The van der Waals surface area contributed by atoms with Crippen LogP contribution in [0, 0.1) is 23.7 Å². The van der Waals surface area contributed by atoms with Gasteiger partial charge in [0.05, 0.1) is 12.6 Å². The lowest BCUT2D eigenvalue weighted by Crippen LogP contribution is -2.37. The molecule has 0 radical (unpaired) electrons. The molecule has 0 aromatic rings. The van der Waals surface area contributed by atoms with Gasteiger partial charge >= 0.3 is 0 Å². The minimum absolute atomic E-state index is 0.0225. The highest BCUT2D eigenvalue weighted by Gasteiger charge is 2.52. The van der Waals surface area contributed by atoms with E-state index in [2.05, 4.69) is 16.0 Å². The van der Waals surface area contributed by atoms with E-state index in [1.807, 2.05) is 0 Å². The normalized spacial score (nSPS) is 29.7. The topological polar surface area (TPSA) is 104 Å². The van der Waals surface area contributed by atoms with Crippen molar-refractivity contribution in [3.8, 4) is 0 Å². The van der Waals surface area contributed by atoms with E-state index in [4.69, 9.17) is 0 Å². The highest BCUT2D eigenvalue weighted by Crippen LogP contribution is 2.47. The molecule has 2 amide bonds. The van der Waals surface area contributed by atoms with Crippen LogP contribution >= 0.6 is 0 Å². The number of fused-ring (bicyclic) bond motifs is 5. The summed E-state index contributed by atoms with van der Waals surface area (Å²) >= 11 is 0. The fourth-order valence-electron chi connectivity index (χ4n) is 8.05. The zero-order valence-corrected chi connectivity index (χ0v) is 24.9. The van der Waals surface area contributed by atoms with Crippen LogP contribution in [-0.2, 0) is 19.2 Å². The van der Waals surface area contributed by atoms with Crippen LogP contribution in [0.25, 0.3) is 0 Å². The number of rotatable bonds is 12. The molecule has 226 valence electrons. The van der Waals surface area contributed by atoms with E-state index in [-0.39, 0.29) is 54.9 Å². The van der Waals surface area contributed by atoms with Crippen molar-refractivity contribution in [1.29, 1.82) is 0 Å². The molecule has 5 atom stereocenters. The predicted molar refractivity (Wildman–Crippen MR) is 158 cm³/mol. The molecule has 1 heterocycles. The van der Waals surface area contributed by atoms with Crippen molar-refractivity contribution in [2.24, 2.45) is 23.7 Å². The first kappa shape index (κ1) is 31.2. The van der Waals surface area contributed by atoms with Crippen LogP contribution in [0.3, 0.4) is 0 Å². The van der Waals surface area contributed by atoms with E-state index in [1.54, 1.807) is 0 Å². The first-order chi connectivity index (χ1) is 19.5. The van der Waals surface area contributed by atoms with Crippen molar-refractivity contribution < 1.29 is 19.2 Å². The highest BCUT2D eigenvalue weighted by atomic mass is 16.2. The van der Waals surface area contributed by atoms with Crippen molar-refractivity contribution in [2.45, 2.75) is 147 Å². The van der Waals surface area contributed by atoms with Crippen LogP contribution in [0.4, 0.5) is 0 Å². The lowest BCUT2D eigenvalue weighted by atomic mass is 9.85. The number of hydrogen-bond acceptors (Lipinski definition) is 5. The van der Waals surface area contributed by atoms with E-state index in [1.165, 1.54) is 70.6 Å². The molecule has 7 heteroatoms. The van der Waals surface area contributed by atoms with Crippen LogP contribution in [-0.4, -0.2) is 48.6 Å². The summed E-state index contributed by atoms with van der Waals surface area (Å²) in [6, 6.07) is 0.438. The number of carbonyl (C=O) groups is 4. The summed E-state index contributed by atoms with van der Waals surface area (Å²) in [6.07, 6.45) is 22.3.